The highest BCUT2D eigenvalue weighted by molar-refractivity contribution is 6.28. The lowest BCUT2D eigenvalue weighted by atomic mass is 9.77. The number of nitrogens with one attached hydrogen (secondary N) is 4. The van der Waals surface area contributed by atoms with Crippen LogP contribution in [0.1, 0.15) is 56.9 Å². The number of amides is 4. The molecule has 2 aromatic rings. The van der Waals surface area contributed by atoms with Crippen molar-refractivity contribution in [3.8, 4) is 0 Å². The van der Waals surface area contributed by atoms with E-state index in [1.54, 1.807) is 12.1 Å². The Labute approximate surface area is 248 Å². The number of fused-ring (bicyclic) bond motifs is 1. The van der Waals surface area contributed by atoms with E-state index in [2.05, 4.69) is 20.9 Å². The number of benzene rings is 1. The molecule has 3 aliphatic rings. The molecule has 12 heteroatoms. The summed E-state index contributed by atoms with van der Waals surface area (Å²) >= 11 is 5.86. The first-order valence-electron chi connectivity index (χ1n) is 14.5. The number of Topliss-reactive ketones (excluding diaryl/α,β-unsaturated/α-hetero) is 1. The van der Waals surface area contributed by atoms with Crippen molar-refractivity contribution in [3.63, 3.8) is 0 Å². The van der Waals surface area contributed by atoms with Crippen LogP contribution in [0.25, 0.3) is 10.9 Å². The minimum atomic E-state index is -0.964. The number of hydrogen-bond acceptors (Lipinski definition) is 5. The number of ketones is 1. The molecule has 4 N–H and O–H groups in total. The van der Waals surface area contributed by atoms with E-state index in [1.807, 2.05) is 20.8 Å². The summed E-state index contributed by atoms with van der Waals surface area (Å²) in [6.07, 6.45) is 2.18. The SMILES string of the molecule is C[C@@H]1CN(C(=O)C(NC(=O)c2cc3c(F)cccc3[nH]2)C2CC2)[C@H](C(=O)N[C@@H](C[C@@H]2CCNC2=O)C(=O)CCl)C1(C)C. The van der Waals surface area contributed by atoms with E-state index in [4.69, 9.17) is 11.6 Å². The highest BCUT2D eigenvalue weighted by atomic mass is 35.5. The number of aromatic amines is 1. The summed E-state index contributed by atoms with van der Waals surface area (Å²) in [6, 6.07) is 3.19. The molecule has 0 spiro atoms. The van der Waals surface area contributed by atoms with Gasteiger partial charge in [-0.25, -0.2) is 4.39 Å². The molecule has 0 radical (unpaired) electrons. The standard InChI is InChI=1S/C30H37ClFN5O5/c1-15-14-37(25(30(15,2)3)28(41)35-21(23(38)13-31)11-17-9-10-33-26(17)39)29(42)24(16-7-8-16)36-27(40)22-12-18-19(32)5-4-6-20(18)34-22/h4-6,12,15-17,21,24-25,34H,7-11,13-14H2,1-3H3,(H,33,39)(H,35,41)(H,36,40)/t15-,17+,21+,24?,25-/m1/s1. The van der Waals surface area contributed by atoms with E-state index >= 15 is 0 Å². The van der Waals surface area contributed by atoms with E-state index in [9.17, 15) is 28.4 Å². The molecule has 1 aromatic heterocycles. The Kier molecular flexibility index (Phi) is 8.33. The maximum Gasteiger partial charge on any atom is 0.268 e. The van der Waals surface area contributed by atoms with Crippen molar-refractivity contribution in [2.24, 2.45) is 23.2 Å². The van der Waals surface area contributed by atoms with Crippen LogP contribution in [0.3, 0.4) is 0 Å². The van der Waals surface area contributed by atoms with E-state index in [0.29, 0.717) is 25.0 Å². The van der Waals surface area contributed by atoms with Gasteiger partial charge in [-0.1, -0.05) is 26.8 Å². The molecule has 42 heavy (non-hydrogen) atoms. The number of rotatable bonds is 10. The van der Waals surface area contributed by atoms with E-state index in [-0.39, 0.29) is 47.0 Å². The van der Waals surface area contributed by atoms with Gasteiger partial charge in [-0.15, -0.1) is 11.6 Å². The number of alkyl halides is 1. The van der Waals surface area contributed by atoms with Crippen molar-refractivity contribution in [1.82, 2.24) is 25.8 Å². The number of halogens is 2. The number of carbonyl (C=O) groups excluding carboxylic acids is 5. The Morgan fingerprint density at radius 1 is 1.17 bits per heavy atom. The Morgan fingerprint density at radius 3 is 2.52 bits per heavy atom. The van der Waals surface area contributed by atoms with Crippen LogP contribution in [-0.4, -0.2) is 76.4 Å². The fourth-order valence-electron chi connectivity index (χ4n) is 6.22. The van der Waals surface area contributed by atoms with Gasteiger partial charge in [0, 0.05) is 29.9 Å². The maximum atomic E-state index is 14.2. The Bertz CT molecular complexity index is 1420. The van der Waals surface area contributed by atoms with Crippen LogP contribution < -0.4 is 16.0 Å². The van der Waals surface area contributed by atoms with Crippen molar-refractivity contribution in [2.45, 2.75) is 64.6 Å². The van der Waals surface area contributed by atoms with Gasteiger partial charge in [0.25, 0.3) is 5.91 Å². The van der Waals surface area contributed by atoms with Gasteiger partial charge in [0.1, 0.15) is 23.6 Å². The van der Waals surface area contributed by atoms with Gasteiger partial charge >= 0.3 is 0 Å². The maximum absolute atomic E-state index is 14.2. The van der Waals surface area contributed by atoms with E-state index in [0.717, 1.165) is 12.8 Å². The van der Waals surface area contributed by atoms with Gasteiger partial charge in [0.05, 0.1) is 11.9 Å². The molecule has 2 saturated heterocycles. The van der Waals surface area contributed by atoms with Gasteiger partial charge < -0.3 is 25.8 Å². The summed E-state index contributed by atoms with van der Waals surface area (Å²) < 4.78 is 14.2. The fourth-order valence-corrected chi connectivity index (χ4v) is 6.41. The molecule has 3 fully saturated rings. The second-order valence-electron chi connectivity index (χ2n) is 12.5. The Balaban J connectivity index is 1.36. The van der Waals surface area contributed by atoms with Crippen molar-refractivity contribution in [2.75, 3.05) is 19.0 Å². The predicted molar refractivity (Wildman–Crippen MR) is 154 cm³/mol. The molecular formula is C30H37ClFN5O5. The quantitative estimate of drug-likeness (QED) is 0.310. The molecule has 5 rings (SSSR count). The number of aromatic nitrogens is 1. The monoisotopic (exact) mass is 601 g/mol. The molecule has 1 saturated carbocycles. The number of carbonyl (C=O) groups is 5. The molecule has 0 bridgehead atoms. The third-order valence-electron chi connectivity index (χ3n) is 9.31. The molecule has 1 aliphatic carbocycles. The molecule has 2 aliphatic heterocycles. The molecule has 1 unspecified atom stereocenters. The van der Waals surface area contributed by atoms with Crippen LogP contribution in [-0.2, 0) is 19.2 Å². The zero-order chi connectivity index (χ0) is 30.3. The van der Waals surface area contributed by atoms with Crippen LogP contribution in [0.5, 0.6) is 0 Å². The minimum absolute atomic E-state index is 0.0628. The molecule has 1 aromatic carbocycles. The number of H-pyrrole nitrogens is 1. The number of hydrogen-bond donors (Lipinski definition) is 4. The lowest BCUT2D eigenvalue weighted by Crippen LogP contribution is -2.58. The third kappa shape index (κ3) is 5.75. The average Bonchev–Trinajstić information content (AvgIpc) is 3.47. The lowest BCUT2D eigenvalue weighted by molar-refractivity contribution is -0.143. The van der Waals surface area contributed by atoms with Crippen LogP contribution in [0.15, 0.2) is 24.3 Å². The second kappa shape index (κ2) is 11.7. The van der Waals surface area contributed by atoms with Crippen LogP contribution in [0, 0.1) is 29.0 Å². The van der Waals surface area contributed by atoms with Crippen LogP contribution in [0.2, 0.25) is 0 Å². The number of likely N-dealkylation sites (tertiary alicyclic amines) is 1. The fraction of sp³-hybridized carbons (Fsp3) is 0.567. The summed E-state index contributed by atoms with van der Waals surface area (Å²) in [5, 5.41) is 8.68. The summed E-state index contributed by atoms with van der Waals surface area (Å²) in [5.41, 5.74) is -0.0416. The molecule has 226 valence electrons. The first-order valence-corrected chi connectivity index (χ1v) is 15.0. The van der Waals surface area contributed by atoms with Crippen LogP contribution in [0.4, 0.5) is 4.39 Å². The molecule has 3 heterocycles. The molecule has 4 amide bonds. The largest absolute Gasteiger partial charge is 0.356 e. The van der Waals surface area contributed by atoms with Crippen molar-refractivity contribution >= 4 is 51.9 Å². The van der Waals surface area contributed by atoms with Crippen LogP contribution >= 0.6 is 11.6 Å². The first-order chi connectivity index (χ1) is 19.9. The van der Waals surface area contributed by atoms with Gasteiger partial charge in [-0.05, 0) is 61.1 Å². The van der Waals surface area contributed by atoms with Gasteiger partial charge in [0.2, 0.25) is 17.7 Å². The molecule has 5 atom stereocenters. The van der Waals surface area contributed by atoms with Gasteiger partial charge in [-0.3, -0.25) is 24.0 Å². The summed E-state index contributed by atoms with van der Waals surface area (Å²) in [5.74, 6) is -3.31. The predicted octanol–water partition coefficient (Wildman–Crippen LogP) is 2.51. The summed E-state index contributed by atoms with van der Waals surface area (Å²) in [4.78, 5) is 70.5. The van der Waals surface area contributed by atoms with E-state index in [1.165, 1.54) is 17.0 Å². The van der Waals surface area contributed by atoms with Crippen molar-refractivity contribution in [1.29, 1.82) is 0 Å². The minimum Gasteiger partial charge on any atom is -0.356 e. The van der Waals surface area contributed by atoms with Gasteiger partial charge in [-0.2, -0.15) is 0 Å². The Morgan fingerprint density at radius 2 is 1.90 bits per heavy atom. The average molecular weight is 602 g/mol. The topological polar surface area (TPSA) is 140 Å². The van der Waals surface area contributed by atoms with E-state index < -0.39 is 52.9 Å². The zero-order valence-electron chi connectivity index (χ0n) is 24.0. The number of nitrogens with zero attached hydrogens (tertiary/aromatic N) is 1. The lowest BCUT2D eigenvalue weighted by Gasteiger charge is -2.35. The molecule has 10 nitrogen and oxygen atoms in total. The van der Waals surface area contributed by atoms with Gasteiger partial charge in [0.15, 0.2) is 5.78 Å². The second-order valence-corrected chi connectivity index (χ2v) is 12.7. The Hall–Kier alpha value is -3.47. The molecular weight excluding hydrogens is 565 g/mol. The van der Waals surface area contributed by atoms with Crippen molar-refractivity contribution < 1.29 is 28.4 Å². The summed E-state index contributed by atoms with van der Waals surface area (Å²) in [7, 11) is 0. The van der Waals surface area contributed by atoms with Crippen molar-refractivity contribution in [3.05, 3.63) is 35.8 Å². The third-order valence-corrected chi connectivity index (χ3v) is 9.57. The first kappa shape index (κ1) is 30.0. The highest BCUT2D eigenvalue weighted by Crippen LogP contribution is 2.43. The smallest absolute Gasteiger partial charge is 0.268 e. The normalized spacial score (nSPS) is 24.7. The summed E-state index contributed by atoms with van der Waals surface area (Å²) in [6.45, 7) is 6.57. The highest BCUT2D eigenvalue weighted by Gasteiger charge is 2.54. The zero-order valence-corrected chi connectivity index (χ0v) is 24.7.